The second kappa shape index (κ2) is 14.4. The van der Waals surface area contributed by atoms with Crippen molar-refractivity contribution in [3.8, 4) is 17.2 Å². The van der Waals surface area contributed by atoms with Crippen molar-refractivity contribution >= 4 is 46.2 Å². The number of hydrogen-bond donors (Lipinski definition) is 0. The number of fused-ring (bicyclic) bond motifs is 2. The Labute approximate surface area is 256 Å². The first kappa shape index (κ1) is 33.4. The minimum atomic E-state index is -0.746. The van der Waals surface area contributed by atoms with Crippen LogP contribution >= 0.6 is 11.6 Å². The third-order valence-electron chi connectivity index (χ3n) is 6.25. The molecule has 0 N–H and O–H groups in total. The zero-order chi connectivity index (χ0) is 31.9. The van der Waals surface area contributed by atoms with Crippen LogP contribution in [0.15, 0.2) is 24.4 Å². The van der Waals surface area contributed by atoms with E-state index >= 15 is 0 Å². The molecule has 3 aromatic rings. The van der Waals surface area contributed by atoms with Gasteiger partial charge in [-0.3, -0.25) is 9.69 Å². The highest BCUT2D eigenvalue weighted by atomic mass is 35.5. The van der Waals surface area contributed by atoms with Crippen molar-refractivity contribution in [2.75, 3.05) is 32.3 Å². The number of anilines is 1. The first-order valence-electron chi connectivity index (χ1n) is 14.0. The largest absolute Gasteiger partial charge is 0.494 e. The molecule has 1 amide bonds. The Morgan fingerprint density at radius 3 is 2.44 bits per heavy atom. The third-order valence-corrected chi connectivity index (χ3v) is 6.45. The summed E-state index contributed by atoms with van der Waals surface area (Å²) in [5.74, 6) is 0.237. The Hall–Kier alpha value is -4.06. The maximum absolute atomic E-state index is 12.7. The fourth-order valence-electron chi connectivity index (χ4n) is 4.23. The molecule has 12 nitrogen and oxygen atoms in total. The number of aryl methyl sites for hydroxylation is 1. The molecule has 0 saturated carbocycles. The minimum absolute atomic E-state index is 0.341. The second-order valence-corrected chi connectivity index (χ2v) is 11.0. The smallest absolute Gasteiger partial charge is 0.415 e. The van der Waals surface area contributed by atoms with Gasteiger partial charge in [0.1, 0.15) is 34.5 Å². The quantitative estimate of drug-likeness (QED) is 0.182. The van der Waals surface area contributed by atoms with Crippen molar-refractivity contribution in [2.24, 2.45) is 0 Å². The van der Waals surface area contributed by atoms with Gasteiger partial charge in [0, 0.05) is 36.2 Å². The van der Waals surface area contributed by atoms with E-state index in [2.05, 4.69) is 14.8 Å². The van der Waals surface area contributed by atoms with E-state index in [1.54, 1.807) is 41.9 Å². The number of esters is 2. The van der Waals surface area contributed by atoms with Gasteiger partial charge in [-0.25, -0.2) is 19.3 Å². The molecule has 1 atom stereocenters. The van der Waals surface area contributed by atoms with Crippen LogP contribution in [0.1, 0.15) is 59.6 Å². The van der Waals surface area contributed by atoms with Crippen LogP contribution in [-0.4, -0.2) is 71.9 Å². The predicted octanol–water partition coefficient (Wildman–Crippen LogP) is 5.81. The molecule has 3 heterocycles. The molecule has 0 radical (unpaired) electrons. The summed E-state index contributed by atoms with van der Waals surface area (Å²) >= 11 is 6.12. The average molecular weight is 619 g/mol. The average Bonchev–Trinajstić information content (AvgIpc) is 3.28. The van der Waals surface area contributed by atoms with Crippen LogP contribution in [0, 0.1) is 6.92 Å². The third kappa shape index (κ3) is 8.28. The second-order valence-electron chi connectivity index (χ2n) is 10.7. The molecule has 0 saturated heterocycles. The van der Waals surface area contributed by atoms with Gasteiger partial charge in [-0.2, -0.15) is 5.10 Å². The molecule has 2 aromatic heterocycles. The Balaban J connectivity index is 0.000000331. The summed E-state index contributed by atoms with van der Waals surface area (Å²) in [7, 11) is 2.85. The fraction of sp³-hybridized carbons (Fsp3) is 0.500. The van der Waals surface area contributed by atoms with Gasteiger partial charge in [-0.15, -0.1) is 0 Å². The Kier molecular flexibility index (Phi) is 11.2. The number of halogens is 1. The molecule has 1 aliphatic heterocycles. The topological polar surface area (TPSA) is 131 Å². The SMILES string of the molecule is CCCC(=O)OC(CC)C(=O)OC.COc1cc2c(cc1-n1nc(C)c3cnc(Cl)cc31)OCCN2C(=O)OC(C)(C)C. The Morgan fingerprint density at radius 2 is 1.84 bits per heavy atom. The fourth-order valence-corrected chi connectivity index (χ4v) is 4.39. The van der Waals surface area contributed by atoms with Crippen molar-refractivity contribution < 1.29 is 38.1 Å². The predicted molar refractivity (Wildman–Crippen MR) is 161 cm³/mol. The number of hydrogen-bond acceptors (Lipinski definition) is 10. The first-order chi connectivity index (χ1) is 20.3. The maximum atomic E-state index is 12.7. The number of pyridine rings is 1. The molecular formula is C30H39ClN4O8. The zero-order valence-corrected chi connectivity index (χ0v) is 26.6. The molecule has 1 unspecified atom stereocenters. The lowest BCUT2D eigenvalue weighted by atomic mass is 10.2. The number of carbonyl (C=O) groups excluding carboxylic acids is 3. The molecule has 1 aromatic carbocycles. The molecule has 234 valence electrons. The van der Waals surface area contributed by atoms with Crippen molar-refractivity contribution in [3.05, 3.63) is 35.2 Å². The number of ether oxygens (including phenoxy) is 5. The highest BCUT2D eigenvalue weighted by Gasteiger charge is 2.30. The molecule has 13 heteroatoms. The monoisotopic (exact) mass is 618 g/mol. The van der Waals surface area contributed by atoms with E-state index in [-0.39, 0.29) is 5.97 Å². The van der Waals surface area contributed by atoms with E-state index in [1.165, 1.54) is 7.11 Å². The van der Waals surface area contributed by atoms with Crippen LogP contribution in [0.25, 0.3) is 16.6 Å². The van der Waals surface area contributed by atoms with Gasteiger partial charge in [0.25, 0.3) is 0 Å². The molecule has 0 aliphatic carbocycles. The molecule has 0 spiro atoms. The molecule has 4 rings (SSSR count). The summed E-state index contributed by atoms with van der Waals surface area (Å²) in [5.41, 5.74) is 2.26. The van der Waals surface area contributed by atoms with Gasteiger partial charge in [0.2, 0.25) is 0 Å². The number of carbonyl (C=O) groups is 3. The molecular weight excluding hydrogens is 580 g/mol. The van der Waals surface area contributed by atoms with E-state index in [9.17, 15) is 14.4 Å². The summed E-state index contributed by atoms with van der Waals surface area (Å²) < 4.78 is 28.1. The van der Waals surface area contributed by atoms with Crippen molar-refractivity contribution in [3.63, 3.8) is 0 Å². The van der Waals surface area contributed by atoms with Gasteiger partial charge in [0.05, 0.1) is 37.7 Å². The summed E-state index contributed by atoms with van der Waals surface area (Å²) in [6.45, 7) is 11.8. The summed E-state index contributed by atoms with van der Waals surface area (Å²) in [6.07, 6.45) is 2.03. The highest BCUT2D eigenvalue weighted by Crippen LogP contribution is 2.41. The zero-order valence-electron chi connectivity index (χ0n) is 25.9. The molecule has 0 fully saturated rings. The number of amides is 1. The van der Waals surface area contributed by atoms with Crippen LogP contribution in [0.4, 0.5) is 10.5 Å². The lowest BCUT2D eigenvalue weighted by molar-refractivity contribution is -0.166. The van der Waals surface area contributed by atoms with E-state index in [1.807, 2.05) is 40.7 Å². The number of methoxy groups -OCH3 is 2. The molecule has 43 heavy (non-hydrogen) atoms. The van der Waals surface area contributed by atoms with Crippen molar-refractivity contribution in [2.45, 2.75) is 72.5 Å². The van der Waals surface area contributed by atoms with Crippen LogP contribution < -0.4 is 14.4 Å². The number of rotatable bonds is 7. The molecule has 0 bridgehead atoms. The number of benzene rings is 1. The summed E-state index contributed by atoms with van der Waals surface area (Å²) in [4.78, 5) is 40.4. The summed E-state index contributed by atoms with van der Waals surface area (Å²) in [6, 6.07) is 5.33. The van der Waals surface area contributed by atoms with E-state index < -0.39 is 23.8 Å². The van der Waals surface area contributed by atoms with Crippen LogP contribution in [0.3, 0.4) is 0 Å². The van der Waals surface area contributed by atoms with Gasteiger partial charge in [-0.1, -0.05) is 25.4 Å². The van der Waals surface area contributed by atoms with Gasteiger partial charge in [0.15, 0.2) is 6.10 Å². The normalized spacial score (nSPS) is 13.2. The van der Waals surface area contributed by atoms with Gasteiger partial charge >= 0.3 is 18.0 Å². The molecule has 1 aliphatic rings. The van der Waals surface area contributed by atoms with Crippen LogP contribution in [0.5, 0.6) is 11.5 Å². The van der Waals surface area contributed by atoms with Crippen molar-refractivity contribution in [1.82, 2.24) is 14.8 Å². The van der Waals surface area contributed by atoms with Gasteiger partial charge < -0.3 is 23.7 Å². The summed E-state index contributed by atoms with van der Waals surface area (Å²) in [5, 5.41) is 5.89. The minimum Gasteiger partial charge on any atom is -0.494 e. The highest BCUT2D eigenvalue weighted by molar-refractivity contribution is 6.30. The van der Waals surface area contributed by atoms with Crippen LogP contribution in [0.2, 0.25) is 5.15 Å². The lowest BCUT2D eigenvalue weighted by Gasteiger charge is -2.32. The van der Waals surface area contributed by atoms with Gasteiger partial charge in [-0.05, 0) is 40.5 Å². The standard InChI is InChI=1S/C21H23ClN4O4.C9H16O4/c1-12-13-11-23-19(22)10-14(13)26(24-12)16-9-18-15(8-17(16)28-5)25(6-7-29-18)20(27)30-21(2,3)4;1-4-6-8(10)13-7(5-2)9(11)12-3/h8-11H,6-7H2,1-5H3;7H,4-6H2,1-3H3. The first-order valence-corrected chi connectivity index (χ1v) is 14.3. The van der Waals surface area contributed by atoms with Crippen LogP contribution in [-0.2, 0) is 23.8 Å². The Morgan fingerprint density at radius 1 is 1.12 bits per heavy atom. The maximum Gasteiger partial charge on any atom is 0.415 e. The van der Waals surface area contributed by atoms with E-state index in [0.29, 0.717) is 54.0 Å². The Bertz CT molecular complexity index is 1470. The van der Waals surface area contributed by atoms with E-state index in [4.69, 9.17) is 30.5 Å². The van der Waals surface area contributed by atoms with Crippen molar-refractivity contribution in [1.29, 1.82) is 0 Å². The number of nitrogens with zero attached hydrogens (tertiary/aromatic N) is 4. The number of aromatic nitrogens is 3. The van der Waals surface area contributed by atoms with E-state index in [0.717, 1.165) is 23.0 Å². The lowest BCUT2D eigenvalue weighted by Crippen LogP contribution is -2.41.